The predicted molar refractivity (Wildman–Crippen MR) is 134 cm³/mol. The summed E-state index contributed by atoms with van der Waals surface area (Å²) in [5.41, 5.74) is 3.13. The molecule has 0 saturated carbocycles. The number of ether oxygens (including phenoxy) is 2. The molecule has 0 aliphatic carbocycles. The number of nitriles is 1. The first-order chi connectivity index (χ1) is 15.6. The first-order valence-corrected chi connectivity index (χ1v) is 11.1. The van der Waals surface area contributed by atoms with E-state index in [0.717, 1.165) is 31.9 Å². The zero-order chi connectivity index (χ0) is 22.5. The summed E-state index contributed by atoms with van der Waals surface area (Å²) in [6, 6.07) is 27.7. The predicted octanol–water partition coefficient (Wildman–Crippen LogP) is 7.91. The van der Waals surface area contributed by atoms with E-state index in [4.69, 9.17) is 21.1 Å². The second-order valence-electron chi connectivity index (χ2n) is 7.15. The number of hydrogen-bond acceptors (Lipinski definition) is 3. The maximum Gasteiger partial charge on any atom is 0.175 e. The Labute approximate surface area is 200 Å². The summed E-state index contributed by atoms with van der Waals surface area (Å²) < 4.78 is 12.3. The molecule has 0 radical (unpaired) electrons. The number of allylic oxidation sites excluding steroid dienone is 1. The molecule has 0 N–H and O–H groups in total. The standard InChI is InChI=1S/C27H19BrClNO2/c1-31-26-14-18(13-24(28)27(26)32-17-22-8-4-5-9-25(22)29)12-23(16-30)21-11-10-19-6-2-3-7-20(19)15-21/h2-15H,17H2,1H3/b23-12+. The Bertz CT molecular complexity index is 1360. The first-order valence-electron chi connectivity index (χ1n) is 9.94. The Morgan fingerprint density at radius 2 is 1.75 bits per heavy atom. The van der Waals surface area contributed by atoms with Crippen LogP contribution in [0.15, 0.2) is 83.3 Å². The molecule has 5 heteroatoms. The zero-order valence-corrected chi connectivity index (χ0v) is 19.7. The lowest BCUT2D eigenvalue weighted by Crippen LogP contribution is -1.99. The number of rotatable bonds is 6. The Kier molecular flexibility index (Phi) is 6.80. The van der Waals surface area contributed by atoms with Gasteiger partial charge in [0.2, 0.25) is 0 Å². The molecule has 0 amide bonds. The molecule has 0 saturated heterocycles. The third-order valence-corrected chi connectivity index (χ3v) is 6.03. The Morgan fingerprint density at radius 1 is 1.00 bits per heavy atom. The van der Waals surface area contributed by atoms with Gasteiger partial charge < -0.3 is 9.47 Å². The monoisotopic (exact) mass is 503 g/mol. The van der Waals surface area contributed by atoms with E-state index >= 15 is 0 Å². The van der Waals surface area contributed by atoms with Crippen LogP contribution in [-0.2, 0) is 6.61 Å². The molecule has 3 nitrogen and oxygen atoms in total. The van der Waals surface area contributed by atoms with Gasteiger partial charge in [-0.2, -0.15) is 5.26 Å². The van der Waals surface area contributed by atoms with Crippen LogP contribution in [-0.4, -0.2) is 7.11 Å². The van der Waals surface area contributed by atoms with Gasteiger partial charge in [0.05, 0.1) is 23.2 Å². The normalized spacial score (nSPS) is 11.2. The van der Waals surface area contributed by atoms with Gasteiger partial charge in [0.25, 0.3) is 0 Å². The van der Waals surface area contributed by atoms with Crippen LogP contribution < -0.4 is 9.47 Å². The highest BCUT2D eigenvalue weighted by atomic mass is 79.9. The fourth-order valence-electron chi connectivity index (χ4n) is 3.43. The molecule has 4 aromatic carbocycles. The van der Waals surface area contributed by atoms with Gasteiger partial charge in [-0.15, -0.1) is 0 Å². The number of hydrogen-bond donors (Lipinski definition) is 0. The van der Waals surface area contributed by atoms with Crippen molar-refractivity contribution in [3.05, 3.63) is 105 Å². The van der Waals surface area contributed by atoms with Crippen LogP contribution in [0.5, 0.6) is 11.5 Å². The van der Waals surface area contributed by atoms with Crippen LogP contribution in [0.3, 0.4) is 0 Å². The van der Waals surface area contributed by atoms with Crippen molar-refractivity contribution in [2.75, 3.05) is 7.11 Å². The molecule has 0 aliphatic heterocycles. The summed E-state index contributed by atoms with van der Waals surface area (Å²) >= 11 is 9.82. The summed E-state index contributed by atoms with van der Waals surface area (Å²) in [7, 11) is 1.59. The molecular weight excluding hydrogens is 486 g/mol. The number of methoxy groups -OCH3 is 1. The molecule has 0 aromatic heterocycles. The summed E-state index contributed by atoms with van der Waals surface area (Å²) in [5, 5.41) is 12.7. The van der Waals surface area contributed by atoms with Gasteiger partial charge in [0.15, 0.2) is 11.5 Å². The minimum absolute atomic E-state index is 0.310. The summed E-state index contributed by atoms with van der Waals surface area (Å²) in [6.45, 7) is 0.310. The third-order valence-electron chi connectivity index (χ3n) is 5.07. The minimum atomic E-state index is 0.310. The van der Waals surface area contributed by atoms with E-state index in [0.29, 0.717) is 28.7 Å². The fraction of sp³-hybridized carbons (Fsp3) is 0.0741. The van der Waals surface area contributed by atoms with E-state index < -0.39 is 0 Å². The minimum Gasteiger partial charge on any atom is -0.493 e. The van der Waals surface area contributed by atoms with Gasteiger partial charge in [0.1, 0.15) is 6.61 Å². The van der Waals surface area contributed by atoms with Crippen LogP contribution >= 0.6 is 27.5 Å². The van der Waals surface area contributed by atoms with E-state index in [1.165, 1.54) is 0 Å². The van der Waals surface area contributed by atoms with Gasteiger partial charge in [-0.3, -0.25) is 0 Å². The van der Waals surface area contributed by atoms with E-state index in [9.17, 15) is 5.26 Å². The molecule has 0 bridgehead atoms. The SMILES string of the molecule is COc1cc(/C=C(\C#N)c2ccc3ccccc3c2)cc(Br)c1OCc1ccccc1Cl. The van der Waals surface area contributed by atoms with Crippen LogP contribution in [0.1, 0.15) is 16.7 Å². The molecule has 0 fully saturated rings. The average molecular weight is 505 g/mol. The molecule has 4 aromatic rings. The van der Waals surface area contributed by atoms with E-state index in [2.05, 4.69) is 28.1 Å². The van der Waals surface area contributed by atoms with Crippen molar-refractivity contribution in [2.24, 2.45) is 0 Å². The van der Waals surface area contributed by atoms with Crippen molar-refractivity contribution < 1.29 is 9.47 Å². The lowest BCUT2D eigenvalue weighted by Gasteiger charge is -2.14. The Morgan fingerprint density at radius 3 is 2.50 bits per heavy atom. The van der Waals surface area contributed by atoms with Crippen molar-refractivity contribution >= 4 is 50.0 Å². The molecule has 0 spiro atoms. The Hall–Kier alpha value is -3.26. The van der Waals surface area contributed by atoms with Crippen molar-refractivity contribution in [1.82, 2.24) is 0 Å². The van der Waals surface area contributed by atoms with Gasteiger partial charge in [0, 0.05) is 10.6 Å². The maximum atomic E-state index is 9.80. The largest absolute Gasteiger partial charge is 0.493 e. The highest BCUT2D eigenvalue weighted by molar-refractivity contribution is 9.10. The first kappa shape index (κ1) is 22.0. The summed E-state index contributed by atoms with van der Waals surface area (Å²) in [4.78, 5) is 0. The van der Waals surface area contributed by atoms with Crippen LogP contribution in [0, 0.1) is 11.3 Å². The van der Waals surface area contributed by atoms with Crippen LogP contribution in [0.2, 0.25) is 5.02 Å². The lowest BCUT2D eigenvalue weighted by molar-refractivity contribution is 0.282. The second-order valence-corrected chi connectivity index (χ2v) is 8.41. The quantitative estimate of drug-likeness (QED) is 0.198. The van der Waals surface area contributed by atoms with Gasteiger partial charge in [-0.05, 0) is 68.2 Å². The zero-order valence-electron chi connectivity index (χ0n) is 17.3. The van der Waals surface area contributed by atoms with Gasteiger partial charge >= 0.3 is 0 Å². The smallest absolute Gasteiger partial charge is 0.175 e. The van der Waals surface area contributed by atoms with E-state index in [1.807, 2.05) is 78.9 Å². The van der Waals surface area contributed by atoms with E-state index in [-0.39, 0.29) is 0 Å². The molecule has 0 heterocycles. The van der Waals surface area contributed by atoms with Gasteiger partial charge in [-0.1, -0.05) is 66.2 Å². The van der Waals surface area contributed by atoms with Crippen LogP contribution in [0.25, 0.3) is 22.4 Å². The third kappa shape index (κ3) is 4.80. The van der Waals surface area contributed by atoms with E-state index in [1.54, 1.807) is 7.11 Å². The Balaban J connectivity index is 1.65. The molecule has 0 aliphatic rings. The van der Waals surface area contributed by atoms with Crippen molar-refractivity contribution in [3.63, 3.8) is 0 Å². The number of benzene rings is 4. The maximum absolute atomic E-state index is 9.80. The van der Waals surface area contributed by atoms with Crippen molar-refractivity contribution in [2.45, 2.75) is 6.61 Å². The number of nitrogens with zero attached hydrogens (tertiary/aromatic N) is 1. The second kappa shape index (κ2) is 9.91. The summed E-state index contributed by atoms with van der Waals surface area (Å²) in [5.74, 6) is 1.14. The number of halogens is 2. The molecule has 0 atom stereocenters. The van der Waals surface area contributed by atoms with Crippen molar-refractivity contribution in [1.29, 1.82) is 5.26 Å². The number of fused-ring (bicyclic) bond motifs is 1. The fourth-order valence-corrected chi connectivity index (χ4v) is 4.20. The summed E-state index contributed by atoms with van der Waals surface area (Å²) in [6.07, 6.45) is 1.84. The highest BCUT2D eigenvalue weighted by Gasteiger charge is 2.13. The molecule has 32 heavy (non-hydrogen) atoms. The lowest BCUT2D eigenvalue weighted by atomic mass is 10.00. The van der Waals surface area contributed by atoms with Crippen LogP contribution in [0.4, 0.5) is 0 Å². The van der Waals surface area contributed by atoms with Gasteiger partial charge in [-0.25, -0.2) is 0 Å². The topological polar surface area (TPSA) is 42.2 Å². The molecule has 0 unspecified atom stereocenters. The average Bonchev–Trinajstić information content (AvgIpc) is 2.82. The molecule has 158 valence electrons. The highest BCUT2D eigenvalue weighted by Crippen LogP contribution is 2.38. The van der Waals surface area contributed by atoms with Crippen molar-refractivity contribution in [3.8, 4) is 17.6 Å². The molecule has 4 rings (SSSR count). The molecular formula is C27H19BrClNO2.